The van der Waals surface area contributed by atoms with E-state index < -0.39 is 0 Å². The normalized spacial score (nSPS) is 10.4. The fourth-order valence-electron chi connectivity index (χ4n) is 2.00. The lowest BCUT2D eigenvalue weighted by Gasteiger charge is -2.12. The van der Waals surface area contributed by atoms with Gasteiger partial charge in [0, 0.05) is 15.4 Å². The molecule has 0 aliphatic rings. The van der Waals surface area contributed by atoms with Gasteiger partial charge in [-0.3, -0.25) is 4.79 Å². The van der Waals surface area contributed by atoms with E-state index in [1.54, 1.807) is 0 Å². The molecule has 1 N–H and O–H groups in total. The number of hydrogen-bond acceptors (Lipinski definition) is 1. The molecule has 104 valence electrons. The van der Waals surface area contributed by atoms with Gasteiger partial charge in [0.15, 0.2) is 0 Å². The van der Waals surface area contributed by atoms with Crippen LogP contribution in [0.15, 0.2) is 40.9 Å². The van der Waals surface area contributed by atoms with E-state index in [-0.39, 0.29) is 5.91 Å². The van der Waals surface area contributed by atoms with Crippen LogP contribution in [0.5, 0.6) is 0 Å². The number of anilines is 1. The number of alkyl halides is 1. The Labute approximate surface area is 135 Å². The Kier molecular flexibility index (Phi) is 5.00. The van der Waals surface area contributed by atoms with Gasteiger partial charge in [-0.2, -0.15) is 0 Å². The zero-order valence-electron chi connectivity index (χ0n) is 11.3. The predicted octanol–water partition coefficient (Wildman–Crippen LogP) is 5.21. The fraction of sp³-hybridized carbons (Fsp3) is 0.188. The highest BCUT2D eigenvalue weighted by atomic mass is 79.9. The third kappa shape index (κ3) is 3.49. The summed E-state index contributed by atoms with van der Waals surface area (Å²) < 4.78 is 0.903. The van der Waals surface area contributed by atoms with Gasteiger partial charge in [-0.1, -0.05) is 34.1 Å². The minimum Gasteiger partial charge on any atom is -0.321 e. The minimum atomic E-state index is -0.0984. The van der Waals surface area contributed by atoms with Gasteiger partial charge in [0.2, 0.25) is 0 Å². The van der Waals surface area contributed by atoms with Crippen molar-refractivity contribution < 1.29 is 4.79 Å². The standard InChI is InChI=1S/C16H15Br2NO/c1-10-7-11(2)15(14(18)8-10)19-16(20)13-5-3-12(9-17)4-6-13/h3-8H,9H2,1-2H3,(H,19,20). The molecule has 0 spiro atoms. The maximum Gasteiger partial charge on any atom is 0.255 e. The van der Waals surface area contributed by atoms with Crippen LogP contribution in [-0.4, -0.2) is 5.91 Å². The summed E-state index contributed by atoms with van der Waals surface area (Å²) >= 11 is 6.89. The molecule has 0 aliphatic carbocycles. The van der Waals surface area contributed by atoms with Crippen LogP contribution in [0.4, 0.5) is 5.69 Å². The SMILES string of the molecule is Cc1cc(C)c(NC(=O)c2ccc(CBr)cc2)c(Br)c1. The van der Waals surface area contributed by atoms with Crippen molar-refractivity contribution in [2.45, 2.75) is 19.2 Å². The van der Waals surface area contributed by atoms with Gasteiger partial charge in [-0.05, 0) is 64.7 Å². The Morgan fingerprint density at radius 1 is 1.15 bits per heavy atom. The number of hydrogen-bond donors (Lipinski definition) is 1. The average Bonchev–Trinajstić information content (AvgIpc) is 2.42. The molecule has 0 atom stereocenters. The van der Waals surface area contributed by atoms with Gasteiger partial charge in [0.1, 0.15) is 0 Å². The molecule has 0 radical (unpaired) electrons. The zero-order chi connectivity index (χ0) is 14.7. The van der Waals surface area contributed by atoms with E-state index >= 15 is 0 Å². The first kappa shape index (κ1) is 15.3. The van der Waals surface area contributed by atoms with Crippen molar-refractivity contribution in [2.24, 2.45) is 0 Å². The maximum absolute atomic E-state index is 12.3. The molecule has 0 bridgehead atoms. The first-order valence-corrected chi connectivity index (χ1v) is 8.15. The summed E-state index contributed by atoms with van der Waals surface area (Å²) in [6.45, 7) is 4.02. The summed E-state index contributed by atoms with van der Waals surface area (Å²) in [4.78, 5) is 12.3. The van der Waals surface area contributed by atoms with Crippen molar-refractivity contribution >= 4 is 43.5 Å². The summed E-state index contributed by atoms with van der Waals surface area (Å²) in [6.07, 6.45) is 0. The molecule has 2 rings (SSSR count). The lowest BCUT2D eigenvalue weighted by Crippen LogP contribution is -2.13. The summed E-state index contributed by atoms with van der Waals surface area (Å²) in [5.41, 5.74) is 4.83. The number of halogens is 2. The van der Waals surface area contributed by atoms with E-state index in [4.69, 9.17) is 0 Å². The number of rotatable bonds is 3. The Morgan fingerprint density at radius 3 is 2.35 bits per heavy atom. The van der Waals surface area contributed by atoms with E-state index in [1.165, 1.54) is 0 Å². The number of amides is 1. The average molecular weight is 397 g/mol. The minimum absolute atomic E-state index is 0.0984. The second kappa shape index (κ2) is 6.55. The van der Waals surface area contributed by atoms with E-state index in [0.717, 1.165) is 32.2 Å². The van der Waals surface area contributed by atoms with Gasteiger partial charge in [-0.15, -0.1) is 0 Å². The quantitative estimate of drug-likeness (QED) is 0.708. The number of carbonyl (C=O) groups is 1. The van der Waals surface area contributed by atoms with Crippen LogP contribution >= 0.6 is 31.9 Å². The van der Waals surface area contributed by atoms with Gasteiger partial charge in [0.25, 0.3) is 5.91 Å². The smallest absolute Gasteiger partial charge is 0.255 e. The maximum atomic E-state index is 12.3. The van der Waals surface area contributed by atoms with Crippen molar-refractivity contribution in [1.82, 2.24) is 0 Å². The van der Waals surface area contributed by atoms with E-state index in [2.05, 4.69) is 37.2 Å². The molecule has 0 fully saturated rings. The van der Waals surface area contributed by atoms with Crippen LogP contribution < -0.4 is 5.32 Å². The van der Waals surface area contributed by atoms with Gasteiger partial charge in [-0.25, -0.2) is 0 Å². The lowest BCUT2D eigenvalue weighted by molar-refractivity contribution is 0.102. The first-order chi connectivity index (χ1) is 9.51. The molecule has 1 amide bonds. The molecule has 0 aromatic heterocycles. The molecule has 0 heterocycles. The Morgan fingerprint density at radius 2 is 1.80 bits per heavy atom. The molecule has 0 saturated carbocycles. The van der Waals surface area contributed by atoms with Crippen LogP contribution in [0.25, 0.3) is 0 Å². The topological polar surface area (TPSA) is 29.1 Å². The van der Waals surface area contributed by atoms with Crippen LogP contribution in [0.3, 0.4) is 0 Å². The first-order valence-electron chi connectivity index (χ1n) is 6.24. The lowest BCUT2D eigenvalue weighted by atomic mass is 10.1. The van der Waals surface area contributed by atoms with Crippen molar-refractivity contribution in [3.63, 3.8) is 0 Å². The molecular weight excluding hydrogens is 382 g/mol. The Balaban J connectivity index is 2.23. The van der Waals surface area contributed by atoms with Gasteiger partial charge in [0.05, 0.1) is 5.69 Å². The van der Waals surface area contributed by atoms with Crippen molar-refractivity contribution in [3.8, 4) is 0 Å². The molecule has 20 heavy (non-hydrogen) atoms. The van der Waals surface area contributed by atoms with Crippen LogP contribution in [-0.2, 0) is 5.33 Å². The van der Waals surface area contributed by atoms with Gasteiger partial charge >= 0.3 is 0 Å². The van der Waals surface area contributed by atoms with E-state index in [0.29, 0.717) is 5.56 Å². The summed E-state index contributed by atoms with van der Waals surface area (Å²) in [5, 5.41) is 3.75. The van der Waals surface area contributed by atoms with Crippen LogP contribution in [0.1, 0.15) is 27.0 Å². The molecular formula is C16H15Br2NO. The monoisotopic (exact) mass is 395 g/mol. The predicted molar refractivity (Wildman–Crippen MR) is 90.6 cm³/mol. The van der Waals surface area contributed by atoms with E-state index in [1.807, 2.05) is 50.2 Å². The summed E-state index contributed by atoms with van der Waals surface area (Å²) in [7, 11) is 0. The largest absolute Gasteiger partial charge is 0.321 e. The molecule has 2 aromatic rings. The molecule has 0 unspecified atom stereocenters. The Hall–Kier alpha value is -1.13. The molecule has 0 aliphatic heterocycles. The molecule has 0 saturated heterocycles. The number of benzene rings is 2. The number of aryl methyl sites for hydroxylation is 2. The van der Waals surface area contributed by atoms with Crippen molar-refractivity contribution in [3.05, 3.63) is 63.1 Å². The highest BCUT2D eigenvalue weighted by molar-refractivity contribution is 9.10. The third-order valence-corrected chi connectivity index (χ3v) is 4.31. The van der Waals surface area contributed by atoms with E-state index in [9.17, 15) is 4.79 Å². The molecule has 2 nitrogen and oxygen atoms in total. The fourth-order valence-corrected chi connectivity index (χ4v) is 3.15. The molecule has 4 heteroatoms. The highest BCUT2D eigenvalue weighted by Crippen LogP contribution is 2.28. The third-order valence-electron chi connectivity index (χ3n) is 3.04. The number of carbonyl (C=O) groups excluding carboxylic acids is 1. The summed E-state index contributed by atoms with van der Waals surface area (Å²) in [6, 6.07) is 11.6. The second-order valence-electron chi connectivity index (χ2n) is 4.72. The van der Waals surface area contributed by atoms with Crippen LogP contribution in [0.2, 0.25) is 0 Å². The Bertz CT molecular complexity index is 612. The molecule has 2 aromatic carbocycles. The second-order valence-corrected chi connectivity index (χ2v) is 6.14. The van der Waals surface area contributed by atoms with Crippen molar-refractivity contribution in [2.75, 3.05) is 5.32 Å². The van der Waals surface area contributed by atoms with Crippen LogP contribution in [0, 0.1) is 13.8 Å². The zero-order valence-corrected chi connectivity index (χ0v) is 14.5. The summed E-state index contributed by atoms with van der Waals surface area (Å²) in [5.74, 6) is -0.0984. The van der Waals surface area contributed by atoms with Crippen molar-refractivity contribution in [1.29, 1.82) is 0 Å². The van der Waals surface area contributed by atoms with Gasteiger partial charge < -0.3 is 5.32 Å². The number of nitrogens with one attached hydrogen (secondary N) is 1. The highest BCUT2D eigenvalue weighted by Gasteiger charge is 2.11.